The van der Waals surface area contributed by atoms with Gasteiger partial charge in [0.15, 0.2) is 0 Å². The smallest absolute Gasteiger partial charge is 0.238 e. The molecule has 1 heterocycles. The highest BCUT2D eigenvalue weighted by Crippen LogP contribution is 2.52. The molecule has 3 atom stereocenters. The molecule has 1 saturated heterocycles. The van der Waals surface area contributed by atoms with Crippen LogP contribution in [-0.4, -0.2) is 36.5 Å². The first-order chi connectivity index (χ1) is 5.56. The Labute approximate surface area is 71.9 Å². The Morgan fingerprint density at radius 2 is 2.25 bits per heavy atom. The van der Waals surface area contributed by atoms with Crippen molar-refractivity contribution >= 4 is 5.91 Å². The number of nitrogens with two attached hydrogens (primary N) is 2. The van der Waals surface area contributed by atoms with Crippen LogP contribution in [0.25, 0.3) is 0 Å². The zero-order valence-electron chi connectivity index (χ0n) is 7.29. The second-order valence-corrected chi connectivity index (χ2v) is 4.06. The number of hydrogen-bond acceptors (Lipinski definition) is 3. The maximum Gasteiger partial charge on any atom is 0.238 e. The Balaban J connectivity index is 2.11. The van der Waals surface area contributed by atoms with Crippen molar-refractivity contribution in [3.8, 4) is 0 Å². The average Bonchev–Trinajstić information content (AvgIpc) is 2.58. The molecule has 0 radical (unpaired) electrons. The lowest BCUT2D eigenvalue weighted by Gasteiger charge is -2.19. The number of rotatable bonds is 1. The Morgan fingerprint density at radius 3 is 2.75 bits per heavy atom. The number of nitrogens with zero attached hydrogens (tertiary/aromatic N) is 1. The zero-order valence-corrected chi connectivity index (χ0v) is 7.29. The molecule has 0 aromatic rings. The van der Waals surface area contributed by atoms with E-state index in [0.717, 1.165) is 19.5 Å². The van der Waals surface area contributed by atoms with Crippen molar-refractivity contribution in [1.29, 1.82) is 0 Å². The van der Waals surface area contributed by atoms with E-state index in [0.29, 0.717) is 11.8 Å². The lowest BCUT2D eigenvalue weighted by atomic mass is 10.1. The molecule has 0 bridgehead atoms. The van der Waals surface area contributed by atoms with Crippen LogP contribution in [-0.2, 0) is 4.79 Å². The van der Waals surface area contributed by atoms with Gasteiger partial charge in [0.2, 0.25) is 5.91 Å². The summed E-state index contributed by atoms with van der Waals surface area (Å²) in [4.78, 5) is 13.2. The molecule has 2 fully saturated rings. The zero-order chi connectivity index (χ0) is 8.93. The Kier molecular flexibility index (Phi) is 1.47. The summed E-state index contributed by atoms with van der Waals surface area (Å²) >= 11 is 0. The fraction of sp³-hybridized carbons (Fsp3) is 0.875. The van der Waals surface area contributed by atoms with E-state index in [1.54, 1.807) is 0 Å². The van der Waals surface area contributed by atoms with Crippen molar-refractivity contribution < 1.29 is 4.79 Å². The van der Waals surface area contributed by atoms with E-state index in [4.69, 9.17) is 11.5 Å². The monoisotopic (exact) mass is 169 g/mol. The second kappa shape index (κ2) is 2.20. The first-order valence-corrected chi connectivity index (χ1v) is 4.34. The first-order valence-electron chi connectivity index (χ1n) is 4.34. The van der Waals surface area contributed by atoms with Crippen LogP contribution in [0.3, 0.4) is 0 Å². The predicted octanol–water partition coefficient (Wildman–Crippen LogP) is -1.25. The quantitative estimate of drug-likeness (QED) is 0.515. The van der Waals surface area contributed by atoms with E-state index in [-0.39, 0.29) is 5.91 Å². The van der Waals surface area contributed by atoms with Crippen LogP contribution >= 0.6 is 0 Å². The largest absolute Gasteiger partial charge is 0.368 e. The fourth-order valence-corrected chi connectivity index (χ4v) is 2.43. The third-order valence-electron chi connectivity index (χ3n) is 3.36. The van der Waals surface area contributed by atoms with Crippen LogP contribution in [0.1, 0.15) is 6.42 Å². The highest BCUT2D eigenvalue weighted by molar-refractivity contribution is 5.89. The number of amides is 1. The van der Waals surface area contributed by atoms with Gasteiger partial charge >= 0.3 is 0 Å². The highest BCUT2D eigenvalue weighted by atomic mass is 16.1. The third-order valence-corrected chi connectivity index (χ3v) is 3.36. The summed E-state index contributed by atoms with van der Waals surface area (Å²) in [6.07, 6.45) is 1.01. The summed E-state index contributed by atoms with van der Waals surface area (Å²) in [7, 11) is 2.05. The Morgan fingerprint density at radius 1 is 1.58 bits per heavy atom. The number of piperidine rings is 1. The summed E-state index contributed by atoms with van der Waals surface area (Å²) in [5.74, 6) is 0.341. The van der Waals surface area contributed by atoms with Crippen LogP contribution in [0, 0.1) is 11.8 Å². The molecule has 1 amide bonds. The average molecular weight is 169 g/mol. The van der Waals surface area contributed by atoms with Gasteiger partial charge in [-0.1, -0.05) is 0 Å². The number of carbonyl (C=O) groups is 1. The van der Waals surface area contributed by atoms with E-state index >= 15 is 0 Å². The van der Waals surface area contributed by atoms with Crippen LogP contribution in [0.15, 0.2) is 0 Å². The van der Waals surface area contributed by atoms with Crippen LogP contribution in [0.2, 0.25) is 0 Å². The van der Waals surface area contributed by atoms with Gasteiger partial charge in [-0.05, 0) is 25.9 Å². The molecule has 4 N–H and O–H groups in total. The van der Waals surface area contributed by atoms with Gasteiger partial charge in [-0.15, -0.1) is 0 Å². The number of carbonyl (C=O) groups excluding carboxylic acids is 1. The van der Waals surface area contributed by atoms with E-state index in [1.165, 1.54) is 0 Å². The fourth-order valence-electron chi connectivity index (χ4n) is 2.43. The standard InChI is InChI=1S/C8H15N3O/c1-11-3-2-5-6(4-11)8(5,10)7(9)12/h5-6H,2-4,10H2,1H3,(H2,9,12)/t5-,6+,8-/m0/s1. The van der Waals surface area contributed by atoms with Crippen molar-refractivity contribution in [2.75, 3.05) is 20.1 Å². The number of primary amides is 1. The van der Waals surface area contributed by atoms with Gasteiger partial charge in [0.05, 0.1) is 0 Å². The minimum atomic E-state index is -0.676. The number of likely N-dealkylation sites (tertiary alicyclic amines) is 1. The topological polar surface area (TPSA) is 72.3 Å². The molecule has 0 aromatic heterocycles. The first kappa shape index (κ1) is 8.01. The van der Waals surface area contributed by atoms with Crippen molar-refractivity contribution in [3.05, 3.63) is 0 Å². The number of fused-ring (bicyclic) bond motifs is 1. The summed E-state index contributed by atoms with van der Waals surface area (Å²) < 4.78 is 0. The van der Waals surface area contributed by atoms with E-state index in [1.807, 2.05) is 0 Å². The molecule has 2 aliphatic rings. The summed E-state index contributed by atoms with van der Waals surface area (Å²) in [5, 5.41) is 0. The van der Waals surface area contributed by atoms with Gasteiger partial charge in [0.1, 0.15) is 5.54 Å². The summed E-state index contributed by atoms with van der Waals surface area (Å²) in [5.41, 5.74) is 10.5. The van der Waals surface area contributed by atoms with Crippen LogP contribution in [0.5, 0.6) is 0 Å². The molecule has 1 aliphatic heterocycles. The minimum Gasteiger partial charge on any atom is -0.368 e. The third kappa shape index (κ3) is 0.820. The molecular formula is C8H15N3O. The molecule has 1 saturated carbocycles. The lowest BCUT2D eigenvalue weighted by molar-refractivity contribution is -0.120. The molecule has 68 valence electrons. The lowest BCUT2D eigenvalue weighted by Crippen LogP contribution is -2.43. The SMILES string of the molecule is CN1CC[C@H]2[C@@H](C1)[C@]2(N)C(N)=O. The molecular weight excluding hydrogens is 154 g/mol. The Hall–Kier alpha value is -0.610. The van der Waals surface area contributed by atoms with Crippen molar-refractivity contribution in [3.63, 3.8) is 0 Å². The van der Waals surface area contributed by atoms with E-state index < -0.39 is 5.54 Å². The van der Waals surface area contributed by atoms with Crippen LogP contribution in [0.4, 0.5) is 0 Å². The van der Waals surface area contributed by atoms with Gasteiger partial charge in [0, 0.05) is 12.5 Å². The Bertz CT molecular complexity index is 230. The van der Waals surface area contributed by atoms with Gasteiger partial charge in [-0.2, -0.15) is 0 Å². The highest BCUT2D eigenvalue weighted by Gasteiger charge is 2.66. The molecule has 0 unspecified atom stereocenters. The predicted molar refractivity (Wildman–Crippen MR) is 45.2 cm³/mol. The molecule has 4 heteroatoms. The van der Waals surface area contributed by atoms with E-state index in [9.17, 15) is 4.79 Å². The summed E-state index contributed by atoms with van der Waals surface area (Å²) in [6, 6.07) is 0. The number of hydrogen-bond donors (Lipinski definition) is 2. The van der Waals surface area contributed by atoms with Crippen molar-refractivity contribution in [2.45, 2.75) is 12.0 Å². The van der Waals surface area contributed by atoms with Gasteiger partial charge in [-0.25, -0.2) is 0 Å². The molecule has 4 nitrogen and oxygen atoms in total. The molecule has 0 aromatic carbocycles. The van der Waals surface area contributed by atoms with Gasteiger partial charge in [-0.3, -0.25) is 4.79 Å². The molecule has 2 rings (SSSR count). The molecule has 1 aliphatic carbocycles. The maximum absolute atomic E-state index is 11.0. The van der Waals surface area contributed by atoms with Crippen molar-refractivity contribution in [1.82, 2.24) is 4.90 Å². The maximum atomic E-state index is 11.0. The van der Waals surface area contributed by atoms with Crippen LogP contribution < -0.4 is 11.5 Å². The van der Waals surface area contributed by atoms with E-state index in [2.05, 4.69) is 11.9 Å². The second-order valence-electron chi connectivity index (χ2n) is 4.06. The summed E-state index contributed by atoms with van der Waals surface area (Å²) in [6.45, 7) is 1.96. The molecule has 0 spiro atoms. The normalized spacial score (nSPS) is 46.8. The van der Waals surface area contributed by atoms with Crippen molar-refractivity contribution in [2.24, 2.45) is 23.3 Å². The minimum absolute atomic E-state index is 0.314. The van der Waals surface area contributed by atoms with Gasteiger partial charge < -0.3 is 16.4 Å². The van der Waals surface area contributed by atoms with Gasteiger partial charge in [0.25, 0.3) is 0 Å². The molecule has 12 heavy (non-hydrogen) atoms.